The molecule has 1 aliphatic rings. The second-order valence-electron chi connectivity index (χ2n) is 6.16. The summed E-state index contributed by atoms with van der Waals surface area (Å²) in [5.41, 5.74) is 1.02. The molecular weight excluding hydrogens is 350 g/mol. The summed E-state index contributed by atoms with van der Waals surface area (Å²) in [6, 6.07) is 10.9. The number of piperazine rings is 1. The largest absolute Gasteiger partial charge is 0.465 e. The smallest absolute Gasteiger partial charge is 0.337 e. The monoisotopic (exact) mass is 373 g/mol. The zero-order valence-corrected chi connectivity index (χ0v) is 15.6. The van der Waals surface area contributed by atoms with Gasteiger partial charge in [0.1, 0.15) is 0 Å². The average molecular weight is 373 g/mol. The Morgan fingerprint density at radius 2 is 1.96 bits per heavy atom. The summed E-state index contributed by atoms with van der Waals surface area (Å²) in [6.07, 6.45) is 1.06. The first-order chi connectivity index (χ1) is 12.7. The van der Waals surface area contributed by atoms with Crippen LogP contribution < -0.4 is 5.32 Å². The van der Waals surface area contributed by atoms with E-state index in [1.807, 2.05) is 4.90 Å². The maximum Gasteiger partial charge on any atom is 0.337 e. The van der Waals surface area contributed by atoms with Crippen LogP contribution in [0.3, 0.4) is 0 Å². The normalized spacial score (nSPS) is 14.9. The minimum atomic E-state index is -0.416. The minimum Gasteiger partial charge on any atom is -0.465 e. The van der Waals surface area contributed by atoms with Crippen LogP contribution in [0.25, 0.3) is 0 Å². The summed E-state index contributed by atoms with van der Waals surface area (Å²) in [5, 5.41) is 4.97. The van der Waals surface area contributed by atoms with Crippen molar-refractivity contribution in [2.75, 3.05) is 45.2 Å². The molecule has 6 nitrogen and oxygen atoms in total. The van der Waals surface area contributed by atoms with Gasteiger partial charge in [-0.15, -0.1) is 11.3 Å². The Morgan fingerprint density at radius 3 is 2.65 bits per heavy atom. The van der Waals surface area contributed by atoms with Gasteiger partial charge in [0.05, 0.1) is 12.7 Å². The van der Waals surface area contributed by atoms with Gasteiger partial charge in [-0.3, -0.25) is 4.90 Å². The summed E-state index contributed by atoms with van der Waals surface area (Å²) in [4.78, 5) is 29.6. The lowest BCUT2D eigenvalue weighted by atomic mass is 10.2. The molecule has 0 spiro atoms. The van der Waals surface area contributed by atoms with Crippen LogP contribution in [0.5, 0.6) is 0 Å². The highest BCUT2D eigenvalue weighted by Gasteiger charge is 2.21. The molecule has 0 aliphatic carbocycles. The predicted octanol–water partition coefficient (Wildman–Crippen LogP) is 2.93. The molecule has 1 N–H and O–H groups in total. The van der Waals surface area contributed by atoms with Crippen molar-refractivity contribution in [1.82, 2.24) is 9.80 Å². The molecule has 0 atom stereocenters. The van der Waals surface area contributed by atoms with Crippen molar-refractivity contribution >= 4 is 29.0 Å². The highest BCUT2D eigenvalue weighted by Crippen LogP contribution is 2.14. The molecule has 7 heteroatoms. The number of nitrogens with zero attached hydrogens (tertiary/aromatic N) is 2. The van der Waals surface area contributed by atoms with Crippen LogP contribution in [-0.4, -0.2) is 61.6 Å². The highest BCUT2D eigenvalue weighted by atomic mass is 32.1. The van der Waals surface area contributed by atoms with Crippen LogP contribution in [0.2, 0.25) is 0 Å². The first kappa shape index (κ1) is 18.4. The van der Waals surface area contributed by atoms with E-state index in [0.717, 1.165) is 26.1 Å². The van der Waals surface area contributed by atoms with Gasteiger partial charge < -0.3 is 15.0 Å². The summed E-state index contributed by atoms with van der Waals surface area (Å²) in [7, 11) is 1.34. The second-order valence-corrected chi connectivity index (χ2v) is 7.19. The zero-order chi connectivity index (χ0) is 18.4. The topological polar surface area (TPSA) is 61.9 Å². The van der Waals surface area contributed by atoms with Crippen molar-refractivity contribution in [2.45, 2.75) is 6.42 Å². The van der Waals surface area contributed by atoms with Crippen LogP contribution >= 0.6 is 11.3 Å². The van der Waals surface area contributed by atoms with E-state index in [-0.39, 0.29) is 6.03 Å². The van der Waals surface area contributed by atoms with Gasteiger partial charge in [0.15, 0.2) is 0 Å². The molecule has 1 saturated heterocycles. The molecular formula is C19H23N3O3S. The number of carbonyl (C=O) groups excluding carboxylic acids is 2. The number of hydrogen-bond acceptors (Lipinski definition) is 5. The van der Waals surface area contributed by atoms with Gasteiger partial charge in [0, 0.05) is 43.3 Å². The van der Waals surface area contributed by atoms with E-state index in [0.29, 0.717) is 24.3 Å². The lowest BCUT2D eigenvalue weighted by Crippen LogP contribution is -2.50. The van der Waals surface area contributed by atoms with Crippen molar-refractivity contribution in [3.05, 3.63) is 52.2 Å². The van der Waals surface area contributed by atoms with E-state index in [4.69, 9.17) is 4.74 Å². The van der Waals surface area contributed by atoms with E-state index in [2.05, 4.69) is 27.7 Å². The number of urea groups is 1. The van der Waals surface area contributed by atoms with Crippen molar-refractivity contribution in [3.63, 3.8) is 0 Å². The first-order valence-corrected chi connectivity index (χ1v) is 9.53. The molecule has 0 bridgehead atoms. The SMILES string of the molecule is COC(=O)c1cccc(NC(=O)N2CCN(CCc3cccs3)CC2)c1. The fraction of sp³-hybridized carbons (Fsp3) is 0.368. The zero-order valence-electron chi connectivity index (χ0n) is 14.8. The van der Waals surface area contributed by atoms with Gasteiger partial charge >= 0.3 is 12.0 Å². The van der Waals surface area contributed by atoms with E-state index in [1.54, 1.807) is 35.6 Å². The average Bonchev–Trinajstić information content (AvgIpc) is 3.20. The maximum absolute atomic E-state index is 12.5. The fourth-order valence-electron chi connectivity index (χ4n) is 2.94. The molecule has 0 saturated carbocycles. The molecule has 0 radical (unpaired) electrons. The number of amides is 2. The number of ether oxygens (including phenoxy) is 1. The van der Waals surface area contributed by atoms with Crippen LogP contribution in [0.4, 0.5) is 10.5 Å². The maximum atomic E-state index is 12.5. The molecule has 2 amide bonds. The number of thiophene rings is 1. The summed E-state index contributed by atoms with van der Waals surface area (Å²) in [6.45, 7) is 4.18. The molecule has 26 heavy (non-hydrogen) atoms. The van der Waals surface area contributed by atoms with Crippen LogP contribution in [0, 0.1) is 0 Å². The molecule has 1 aromatic carbocycles. The Kier molecular flexibility index (Phi) is 6.25. The summed E-state index contributed by atoms with van der Waals surface area (Å²) in [5.74, 6) is -0.416. The van der Waals surface area contributed by atoms with Gasteiger partial charge in [-0.25, -0.2) is 9.59 Å². The Balaban J connectivity index is 1.47. The fourth-order valence-corrected chi connectivity index (χ4v) is 3.64. The van der Waals surface area contributed by atoms with E-state index in [1.165, 1.54) is 12.0 Å². The third-order valence-electron chi connectivity index (χ3n) is 4.45. The van der Waals surface area contributed by atoms with E-state index >= 15 is 0 Å². The second kappa shape index (κ2) is 8.82. The standard InChI is InChI=1S/C19H23N3O3S/c1-25-18(23)15-4-2-5-16(14-15)20-19(24)22-11-9-21(10-12-22)8-7-17-6-3-13-26-17/h2-6,13-14H,7-12H2,1H3,(H,20,24). The van der Waals surface area contributed by atoms with Crippen molar-refractivity contribution in [2.24, 2.45) is 0 Å². The predicted molar refractivity (Wildman–Crippen MR) is 103 cm³/mol. The number of carbonyl (C=O) groups is 2. The third kappa shape index (κ3) is 4.83. The molecule has 0 unspecified atom stereocenters. The Bertz CT molecular complexity index is 740. The van der Waals surface area contributed by atoms with E-state index in [9.17, 15) is 9.59 Å². The number of benzene rings is 1. The summed E-state index contributed by atoms with van der Waals surface area (Å²) < 4.78 is 4.71. The van der Waals surface area contributed by atoms with Crippen molar-refractivity contribution in [1.29, 1.82) is 0 Å². The summed E-state index contributed by atoms with van der Waals surface area (Å²) >= 11 is 1.79. The van der Waals surface area contributed by atoms with Crippen LogP contribution in [0.1, 0.15) is 15.2 Å². The van der Waals surface area contributed by atoms with Crippen molar-refractivity contribution < 1.29 is 14.3 Å². The molecule has 1 aliphatic heterocycles. The minimum absolute atomic E-state index is 0.134. The molecule has 2 aromatic rings. The molecule has 138 valence electrons. The number of hydrogen-bond donors (Lipinski definition) is 1. The number of nitrogens with one attached hydrogen (secondary N) is 1. The number of esters is 1. The van der Waals surface area contributed by atoms with Gasteiger partial charge in [0.25, 0.3) is 0 Å². The Hall–Kier alpha value is -2.38. The lowest BCUT2D eigenvalue weighted by molar-refractivity contribution is 0.0600. The van der Waals surface area contributed by atoms with Crippen molar-refractivity contribution in [3.8, 4) is 0 Å². The molecule has 2 heterocycles. The lowest BCUT2D eigenvalue weighted by Gasteiger charge is -2.34. The van der Waals surface area contributed by atoms with Crippen LogP contribution in [0.15, 0.2) is 41.8 Å². The van der Waals surface area contributed by atoms with Gasteiger partial charge in [-0.1, -0.05) is 12.1 Å². The molecule has 3 rings (SSSR count). The van der Waals surface area contributed by atoms with Gasteiger partial charge in [0.2, 0.25) is 0 Å². The Labute approximate surface area is 157 Å². The van der Waals surface area contributed by atoms with E-state index < -0.39 is 5.97 Å². The molecule has 1 aromatic heterocycles. The number of methoxy groups -OCH3 is 1. The van der Waals surface area contributed by atoms with Crippen LogP contribution in [-0.2, 0) is 11.2 Å². The Morgan fingerprint density at radius 1 is 1.15 bits per heavy atom. The van der Waals surface area contributed by atoms with Gasteiger partial charge in [-0.2, -0.15) is 0 Å². The quantitative estimate of drug-likeness (QED) is 0.819. The number of rotatable bonds is 5. The third-order valence-corrected chi connectivity index (χ3v) is 5.39. The first-order valence-electron chi connectivity index (χ1n) is 8.65. The van der Waals surface area contributed by atoms with Gasteiger partial charge in [-0.05, 0) is 36.1 Å². The molecule has 1 fully saturated rings. The highest BCUT2D eigenvalue weighted by molar-refractivity contribution is 7.09. The number of anilines is 1.